The molecular weight excluding hydrogens is 300 g/mol. The van der Waals surface area contributed by atoms with E-state index in [-0.39, 0.29) is 5.91 Å². The average molecular weight is 326 g/mol. The number of fused-ring (bicyclic) bond motifs is 1. The Kier molecular flexibility index (Phi) is 5.40. The van der Waals surface area contributed by atoms with Crippen LogP contribution >= 0.6 is 0 Å². The van der Waals surface area contributed by atoms with Gasteiger partial charge in [-0.2, -0.15) is 5.26 Å². The van der Waals surface area contributed by atoms with Gasteiger partial charge in [-0.3, -0.25) is 4.79 Å². The number of ether oxygens (including phenoxy) is 1. The molecule has 0 aliphatic heterocycles. The van der Waals surface area contributed by atoms with Crippen LogP contribution in [0.1, 0.15) is 57.4 Å². The first-order chi connectivity index (χ1) is 11.7. The summed E-state index contributed by atoms with van der Waals surface area (Å²) in [5, 5.41) is 12.0. The van der Waals surface area contributed by atoms with Crippen LogP contribution in [0.3, 0.4) is 0 Å². The number of carbonyl (C=O) groups is 1. The number of nitrogens with one attached hydrogen (secondary N) is 1. The minimum Gasteiger partial charge on any atom is -0.481 e. The summed E-state index contributed by atoms with van der Waals surface area (Å²) in [5.41, 5.74) is 0.587. The van der Waals surface area contributed by atoms with Crippen molar-refractivity contribution in [3.8, 4) is 11.8 Å². The second-order valence-electron chi connectivity index (χ2n) is 7.22. The molecular formula is C20H26N2O2. The van der Waals surface area contributed by atoms with Crippen molar-refractivity contribution < 1.29 is 9.53 Å². The van der Waals surface area contributed by atoms with Crippen LogP contribution in [-0.4, -0.2) is 18.1 Å². The number of benzene rings is 1. The van der Waals surface area contributed by atoms with E-state index < -0.39 is 6.10 Å². The van der Waals surface area contributed by atoms with Gasteiger partial charge in [0.25, 0.3) is 5.91 Å². The molecule has 4 nitrogen and oxygen atoms in total. The van der Waals surface area contributed by atoms with E-state index in [1.807, 2.05) is 0 Å². The van der Waals surface area contributed by atoms with E-state index in [9.17, 15) is 4.79 Å². The largest absolute Gasteiger partial charge is 0.481 e. The zero-order valence-electron chi connectivity index (χ0n) is 14.3. The normalized spacial score (nSPS) is 27.4. The van der Waals surface area contributed by atoms with Gasteiger partial charge in [0, 0.05) is 6.04 Å². The van der Waals surface area contributed by atoms with Crippen LogP contribution in [-0.2, 0) is 4.79 Å². The molecule has 3 rings (SSSR count). The van der Waals surface area contributed by atoms with Gasteiger partial charge >= 0.3 is 0 Å². The third-order valence-electron chi connectivity index (χ3n) is 5.55. The molecule has 0 spiro atoms. The molecule has 0 bridgehead atoms. The van der Waals surface area contributed by atoms with Crippen molar-refractivity contribution in [1.29, 1.82) is 5.26 Å². The van der Waals surface area contributed by atoms with Crippen LogP contribution in [0.25, 0.3) is 0 Å². The molecule has 24 heavy (non-hydrogen) atoms. The molecule has 2 saturated carbocycles. The third kappa shape index (κ3) is 4.08. The van der Waals surface area contributed by atoms with Gasteiger partial charge in [0.1, 0.15) is 5.75 Å². The minimum absolute atomic E-state index is 0.0429. The van der Waals surface area contributed by atoms with Crippen LogP contribution in [0.2, 0.25) is 0 Å². The highest BCUT2D eigenvalue weighted by molar-refractivity contribution is 5.81. The van der Waals surface area contributed by atoms with Gasteiger partial charge < -0.3 is 10.1 Å². The van der Waals surface area contributed by atoms with Crippen LogP contribution < -0.4 is 10.1 Å². The smallest absolute Gasteiger partial charge is 0.260 e. The summed E-state index contributed by atoms with van der Waals surface area (Å²) in [5.74, 6) is 2.26. The van der Waals surface area contributed by atoms with Crippen LogP contribution in [0, 0.1) is 23.2 Å². The lowest BCUT2D eigenvalue weighted by atomic mass is 9.69. The molecule has 4 atom stereocenters. The summed E-state index contributed by atoms with van der Waals surface area (Å²) in [6.45, 7) is 1.78. The van der Waals surface area contributed by atoms with Crippen LogP contribution in [0.15, 0.2) is 24.3 Å². The van der Waals surface area contributed by atoms with E-state index in [2.05, 4.69) is 11.4 Å². The molecule has 1 aromatic carbocycles. The number of carbonyl (C=O) groups excluding carboxylic acids is 1. The van der Waals surface area contributed by atoms with Crippen molar-refractivity contribution in [2.45, 2.75) is 64.0 Å². The first-order valence-corrected chi connectivity index (χ1v) is 9.13. The molecule has 4 heteroatoms. The zero-order chi connectivity index (χ0) is 16.9. The SMILES string of the molecule is CC(Oc1ccc(C#N)cc1)C(=O)NC1CCC2CCCCC2C1. The molecule has 0 saturated heterocycles. The summed E-state index contributed by atoms with van der Waals surface area (Å²) in [7, 11) is 0. The van der Waals surface area contributed by atoms with E-state index in [0.29, 0.717) is 17.4 Å². The fourth-order valence-electron chi connectivity index (χ4n) is 4.19. The molecule has 1 amide bonds. The number of nitriles is 1. The number of nitrogens with zero attached hydrogens (tertiary/aromatic N) is 1. The van der Waals surface area contributed by atoms with Crippen molar-refractivity contribution in [1.82, 2.24) is 5.32 Å². The van der Waals surface area contributed by atoms with Gasteiger partial charge in [-0.1, -0.05) is 25.7 Å². The lowest BCUT2D eigenvalue weighted by molar-refractivity contribution is -0.128. The lowest BCUT2D eigenvalue weighted by Crippen LogP contribution is -2.46. The van der Waals surface area contributed by atoms with Crippen molar-refractivity contribution in [3.05, 3.63) is 29.8 Å². The summed E-state index contributed by atoms with van der Waals surface area (Å²) < 4.78 is 5.70. The standard InChI is InChI=1S/C20H26N2O2/c1-14(24-19-10-6-15(13-21)7-11-19)20(23)22-18-9-8-16-4-2-3-5-17(16)12-18/h6-7,10-11,14,16-18H,2-5,8-9,12H2,1H3,(H,22,23). The predicted molar refractivity (Wildman–Crippen MR) is 92.5 cm³/mol. The summed E-state index contributed by atoms with van der Waals surface area (Å²) >= 11 is 0. The Morgan fingerprint density at radius 1 is 1.17 bits per heavy atom. The Labute approximate surface area is 144 Å². The molecule has 0 aromatic heterocycles. The summed E-state index contributed by atoms with van der Waals surface area (Å²) in [4.78, 5) is 12.4. The Bertz CT molecular complexity index is 605. The van der Waals surface area contributed by atoms with Gasteiger partial charge in [-0.05, 0) is 62.3 Å². The second-order valence-corrected chi connectivity index (χ2v) is 7.22. The lowest BCUT2D eigenvalue weighted by Gasteiger charge is -2.39. The number of rotatable bonds is 4. The van der Waals surface area contributed by atoms with Crippen molar-refractivity contribution in [3.63, 3.8) is 0 Å². The Hall–Kier alpha value is -2.02. The highest BCUT2D eigenvalue weighted by Crippen LogP contribution is 2.40. The Balaban J connectivity index is 1.49. The van der Waals surface area contributed by atoms with Crippen molar-refractivity contribution in [2.75, 3.05) is 0 Å². The first-order valence-electron chi connectivity index (χ1n) is 9.13. The molecule has 2 aliphatic carbocycles. The van der Waals surface area contributed by atoms with Gasteiger partial charge in [0.05, 0.1) is 11.6 Å². The zero-order valence-corrected chi connectivity index (χ0v) is 14.3. The monoisotopic (exact) mass is 326 g/mol. The van der Waals surface area contributed by atoms with Gasteiger partial charge in [-0.15, -0.1) is 0 Å². The van der Waals surface area contributed by atoms with Gasteiger partial charge in [-0.25, -0.2) is 0 Å². The Morgan fingerprint density at radius 3 is 2.58 bits per heavy atom. The molecule has 0 radical (unpaired) electrons. The second kappa shape index (κ2) is 7.70. The van der Waals surface area contributed by atoms with Crippen molar-refractivity contribution in [2.24, 2.45) is 11.8 Å². The highest BCUT2D eigenvalue weighted by atomic mass is 16.5. The average Bonchev–Trinajstić information content (AvgIpc) is 2.62. The molecule has 0 heterocycles. The maximum Gasteiger partial charge on any atom is 0.260 e. The topological polar surface area (TPSA) is 62.1 Å². The predicted octanol–water partition coefficient (Wildman–Crippen LogP) is 3.80. The molecule has 128 valence electrons. The van der Waals surface area contributed by atoms with E-state index in [4.69, 9.17) is 10.00 Å². The fraction of sp³-hybridized carbons (Fsp3) is 0.600. The first kappa shape index (κ1) is 16.8. The number of amides is 1. The fourth-order valence-corrected chi connectivity index (χ4v) is 4.19. The molecule has 1 aromatic rings. The maximum absolute atomic E-state index is 12.4. The highest BCUT2D eigenvalue weighted by Gasteiger charge is 2.33. The van der Waals surface area contributed by atoms with Gasteiger partial charge in [0.2, 0.25) is 0 Å². The minimum atomic E-state index is -0.526. The van der Waals surface area contributed by atoms with E-state index in [0.717, 1.165) is 24.7 Å². The van der Waals surface area contributed by atoms with E-state index in [1.54, 1.807) is 31.2 Å². The van der Waals surface area contributed by atoms with E-state index >= 15 is 0 Å². The third-order valence-corrected chi connectivity index (χ3v) is 5.55. The molecule has 1 N–H and O–H groups in total. The van der Waals surface area contributed by atoms with E-state index in [1.165, 1.54) is 32.1 Å². The molecule has 4 unspecified atom stereocenters. The molecule has 2 aliphatic rings. The maximum atomic E-state index is 12.4. The summed E-state index contributed by atoms with van der Waals surface area (Å²) in [6, 6.07) is 9.23. The quantitative estimate of drug-likeness (QED) is 0.915. The Morgan fingerprint density at radius 2 is 1.88 bits per heavy atom. The van der Waals surface area contributed by atoms with Gasteiger partial charge in [0.15, 0.2) is 6.10 Å². The van der Waals surface area contributed by atoms with Crippen LogP contribution in [0.5, 0.6) is 5.75 Å². The van der Waals surface area contributed by atoms with Crippen molar-refractivity contribution >= 4 is 5.91 Å². The number of hydrogen-bond donors (Lipinski definition) is 1. The molecule has 2 fully saturated rings. The van der Waals surface area contributed by atoms with Crippen LogP contribution in [0.4, 0.5) is 0 Å². The summed E-state index contributed by atoms with van der Waals surface area (Å²) in [6.07, 6.45) is 8.38. The number of hydrogen-bond acceptors (Lipinski definition) is 3.